The summed E-state index contributed by atoms with van der Waals surface area (Å²) in [6, 6.07) is 11.2. The smallest absolute Gasteiger partial charge is 0.337 e. The van der Waals surface area contributed by atoms with E-state index in [1.165, 1.54) is 18.4 Å². The first-order valence-electron chi connectivity index (χ1n) is 18.8. The quantitative estimate of drug-likeness (QED) is 0.222. The van der Waals surface area contributed by atoms with Gasteiger partial charge in [-0.1, -0.05) is 32.3 Å². The predicted molar refractivity (Wildman–Crippen MR) is 205 cm³/mol. The lowest BCUT2D eigenvalue weighted by atomic mass is 9.84. The molecule has 4 atom stereocenters. The molecule has 10 heteroatoms. The number of carboxylic acids is 1. The van der Waals surface area contributed by atoms with Gasteiger partial charge in [0.05, 0.1) is 22.4 Å². The number of carbonyl (C=O) groups is 1. The molecular weight excluding hydrogens is 659 g/mol. The lowest BCUT2D eigenvalue weighted by Gasteiger charge is -2.44. The van der Waals surface area contributed by atoms with Gasteiger partial charge in [-0.3, -0.25) is 4.90 Å². The van der Waals surface area contributed by atoms with E-state index in [1.807, 2.05) is 46.0 Å². The summed E-state index contributed by atoms with van der Waals surface area (Å²) in [6.45, 7) is 18.3. The largest absolute Gasteiger partial charge is 0.493 e. The van der Waals surface area contributed by atoms with Gasteiger partial charge in [0.25, 0.3) is 0 Å². The van der Waals surface area contributed by atoms with Crippen LogP contribution >= 0.6 is 11.3 Å². The van der Waals surface area contributed by atoms with Crippen LogP contribution in [0.25, 0.3) is 32.0 Å². The number of ether oxygens (including phenoxy) is 2. The standard InChI is InChI=1S/C41H53N5O4S/c1-24(2)45-17-18-46-29(23-45)20-25(3)10-8-9-11-27-15-19-49-33-13-12-28(22-30(27)33)35-34(36(39(47)48)50-41(5,6)7)26(4)21-32-37(35)51-38(43-32)31-14-16-42-40(46)44-31/h12-14,16,21-22,24-25,27,29,36H,8-11,15,17-20,23H2,1-7H3,(H,47,48). The van der Waals surface area contributed by atoms with Crippen LogP contribution in [0.1, 0.15) is 109 Å². The maximum absolute atomic E-state index is 13.0. The molecule has 3 aliphatic heterocycles. The van der Waals surface area contributed by atoms with Crippen LogP contribution in [-0.4, -0.2) is 74.9 Å². The summed E-state index contributed by atoms with van der Waals surface area (Å²) >= 11 is 1.56. The molecule has 1 fully saturated rings. The molecule has 0 radical (unpaired) electrons. The molecule has 5 heterocycles. The Hall–Kier alpha value is -3.60. The van der Waals surface area contributed by atoms with Crippen LogP contribution in [0.2, 0.25) is 0 Å². The van der Waals surface area contributed by atoms with E-state index in [9.17, 15) is 9.90 Å². The number of rotatable bonds is 4. The molecule has 272 valence electrons. The fourth-order valence-corrected chi connectivity index (χ4v) is 9.43. The number of thiazole rings is 1. The Kier molecular flexibility index (Phi) is 10.1. The summed E-state index contributed by atoms with van der Waals surface area (Å²) in [5, 5.41) is 11.4. The molecule has 0 saturated carbocycles. The Bertz CT molecular complexity index is 1900. The van der Waals surface area contributed by atoms with E-state index in [0.717, 1.165) is 101 Å². The van der Waals surface area contributed by atoms with E-state index in [0.29, 0.717) is 29.5 Å². The third-order valence-electron chi connectivity index (χ3n) is 10.9. The van der Waals surface area contributed by atoms with Gasteiger partial charge in [-0.05, 0) is 114 Å². The van der Waals surface area contributed by atoms with Gasteiger partial charge in [0.15, 0.2) is 6.10 Å². The summed E-state index contributed by atoms with van der Waals surface area (Å²) in [4.78, 5) is 33.2. The number of anilines is 1. The van der Waals surface area contributed by atoms with Crippen LogP contribution in [0.15, 0.2) is 36.5 Å². The van der Waals surface area contributed by atoms with Crippen LogP contribution in [0, 0.1) is 12.8 Å². The number of hydrogen-bond donors (Lipinski definition) is 1. The third-order valence-corrected chi connectivity index (χ3v) is 12.0. The number of benzene rings is 2. The summed E-state index contributed by atoms with van der Waals surface area (Å²) in [5.74, 6) is 1.66. The van der Waals surface area contributed by atoms with Crippen molar-refractivity contribution in [3.63, 3.8) is 0 Å². The summed E-state index contributed by atoms with van der Waals surface area (Å²) in [6.07, 6.45) is 7.44. The number of carboxylic acid groups (broad SMARTS) is 1. The molecule has 1 N–H and O–H groups in total. The Labute approximate surface area is 306 Å². The number of nitrogens with zero attached hydrogens (tertiary/aromatic N) is 5. The molecule has 9 nitrogen and oxygen atoms in total. The maximum Gasteiger partial charge on any atom is 0.337 e. The van der Waals surface area contributed by atoms with E-state index in [1.54, 1.807) is 11.3 Å². The molecular formula is C41H53N5O4S. The average Bonchev–Trinajstić information content (AvgIpc) is 3.51. The minimum Gasteiger partial charge on any atom is -0.493 e. The monoisotopic (exact) mass is 711 g/mol. The van der Waals surface area contributed by atoms with Crippen molar-refractivity contribution in [1.29, 1.82) is 0 Å². The average molecular weight is 712 g/mol. The number of hydrogen-bond acceptors (Lipinski definition) is 9. The third kappa shape index (κ3) is 7.50. The van der Waals surface area contributed by atoms with Crippen molar-refractivity contribution in [2.75, 3.05) is 31.1 Å². The highest BCUT2D eigenvalue weighted by Crippen LogP contribution is 2.47. The Balaban J connectivity index is 1.42. The van der Waals surface area contributed by atoms with Gasteiger partial charge in [-0.25, -0.2) is 19.7 Å². The van der Waals surface area contributed by atoms with Crippen molar-refractivity contribution in [3.8, 4) is 27.6 Å². The summed E-state index contributed by atoms with van der Waals surface area (Å²) in [5.41, 5.74) is 5.48. The van der Waals surface area contributed by atoms with Crippen LogP contribution in [0.4, 0.5) is 5.95 Å². The molecule has 4 unspecified atom stereocenters. The minimum absolute atomic E-state index is 0.330. The Morgan fingerprint density at radius 3 is 2.65 bits per heavy atom. The molecule has 51 heavy (non-hydrogen) atoms. The van der Waals surface area contributed by atoms with Crippen molar-refractivity contribution in [3.05, 3.63) is 53.2 Å². The Morgan fingerprint density at radius 2 is 1.88 bits per heavy atom. The van der Waals surface area contributed by atoms with Gasteiger partial charge in [-0.15, -0.1) is 11.3 Å². The van der Waals surface area contributed by atoms with E-state index in [2.05, 4.69) is 48.8 Å². The van der Waals surface area contributed by atoms with Crippen molar-refractivity contribution in [2.24, 2.45) is 5.92 Å². The highest BCUT2D eigenvalue weighted by Gasteiger charge is 2.34. The molecule has 1 saturated heterocycles. The fourth-order valence-electron chi connectivity index (χ4n) is 8.34. The number of aromatic nitrogens is 3. The first-order valence-corrected chi connectivity index (χ1v) is 19.6. The van der Waals surface area contributed by atoms with Gasteiger partial charge in [0, 0.05) is 49.0 Å². The molecule has 6 bridgehead atoms. The highest BCUT2D eigenvalue weighted by atomic mass is 32.1. The summed E-state index contributed by atoms with van der Waals surface area (Å²) < 4.78 is 13.5. The van der Waals surface area contributed by atoms with Gasteiger partial charge >= 0.3 is 5.97 Å². The first kappa shape index (κ1) is 35.8. The lowest BCUT2D eigenvalue weighted by molar-refractivity contribution is -0.160. The number of fused-ring (bicyclic) bond motifs is 8. The second-order valence-corrected chi connectivity index (χ2v) is 17.2. The normalized spacial score (nSPS) is 22.2. The van der Waals surface area contributed by atoms with Gasteiger partial charge < -0.3 is 19.5 Å². The van der Waals surface area contributed by atoms with Gasteiger partial charge in [-0.2, -0.15) is 0 Å². The topological polar surface area (TPSA) is 101 Å². The SMILES string of the molecule is Cc1cc2nc3sc2c(c1C(OC(C)(C)C)C(=O)O)-c1ccc2c(c1)C(CCCCC(C)CC1CN(C(C)C)CCN1c1nccc-3n1)CCO2. The van der Waals surface area contributed by atoms with Crippen molar-refractivity contribution >= 4 is 33.5 Å². The van der Waals surface area contributed by atoms with Crippen molar-refractivity contribution in [1.82, 2.24) is 19.9 Å². The Morgan fingerprint density at radius 1 is 1.08 bits per heavy atom. The zero-order valence-corrected chi connectivity index (χ0v) is 32.1. The molecule has 0 spiro atoms. The van der Waals surface area contributed by atoms with Crippen molar-refractivity contribution in [2.45, 2.75) is 117 Å². The van der Waals surface area contributed by atoms with E-state index in [-0.39, 0.29) is 0 Å². The highest BCUT2D eigenvalue weighted by molar-refractivity contribution is 7.22. The second-order valence-electron chi connectivity index (χ2n) is 16.2. The molecule has 4 aromatic rings. The van der Waals surface area contributed by atoms with Crippen LogP contribution in [0.5, 0.6) is 5.75 Å². The van der Waals surface area contributed by atoms with Gasteiger partial charge in [0.1, 0.15) is 16.5 Å². The van der Waals surface area contributed by atoms with E-state index < -0.39 is 17.7 Å². The molecule has 3 aliphatic rings. The van der Waals surface area contributed by atoms with E-state index >= 15 is 0 Å². The summed E-state index contributed by atoms with van der Waals surface area (Å²) in [7, 11) is 0. The number of aryl methyl sites for hydroxylation is 1. The molecule has 2 aromatic heterocycles. The number of aliphatic carboxylic acids is 1. The van der Waals surface area contributed by atoms with Crippen LogP contribution in [-0.2, 0) is 9.53 Å². The molecule has 7 rings (SSSR count). The van der Waals surface area contributed by atoms with Crippen molar-refractivity contribution < 1.29 is 19.4 Å². The predicted octanol–water partition coefficient (Wildman–Crippen LogP) is 9.03. The number of piperazine rings is 1. The minimum atomic E-state index is -1.16. The molecule has 0 amide bonds. The fraction of sp³-hybridized carbons (Fsp3) is 0.561. The lowest BCUT2D eigenvalue weighted by Crippen LogP contribution is -2.56. The zero-order chi connectivity index (χ0) is 36.0. The van der Waals surface area contributed by atoms with Gasteiger partial charge in [0.2, 0.25) is 5.95 Å². The molecule has 2 aromatic carbocycles. The van der Waals surface area contributed by atoms with Crippen LogP contribution in [0.3, 0.4) is 0 Å². The maximum atomic E-state index is 13.0. The second kappa shape index (κ2) is 14.4. The van der Waals surface area contributed by atoms with Crippen LogP contribution < -0.4 is 9.64 Å². The molecule has 0 aliphatic carbocycles. The zero-order valence-electron chi connectivity index (χ0n) is 31.2. The first-order chi connectivity index (χ1) is 24.4. The van der Waals surface area contributed by atoms with E-state index in [4.69, 9.17) is 24.4 Å².